The van der Waals surface area contributed by atoms with Crippen molar-refractivity contribution in [3.8, 4) is 0 Å². The summed E-state index contributed by atoms with van der Waals surface area (Å²) in [7, 11) is 0. The molecule has 4 aliphatic rings. The van der Waals surface area contributed by atoms with Crippen LogP contribution in [0.1, 0.15) is 6.42 Å². The van der Waals surface area contributed by atoms with Crippen molar-refractivity contribution in [1.82, 2.24) is 5.32 Å². The molecule has 0 aromatic heterocycles. The van der Waals surface area contributed by atoms with Crippen molar-refractivity contribution in [2.75, 3.05) is 13.2 Å². The average molecular weight is 185 g/mol. The molecule has 4 aliphatic heterocycles. The van der Waals surface area contributed by atoms with Crippen LogP contribution in [0.5, 0.6) is 0 Å². The molecule has 72 valence electrons. The maximum absolute atomic E-state index is 9.82. The van der Waals surface area contributed by atoms with Gasteiger partial charge in [-0.15, -0.1) is 0 Å². The largest absolute Gasteiger partial charge is 0.388 e. The van der Waals surface area contributed by atoms with Gasteiger partial charge in [-0.2, -0.15) is 0 Å². The number of hydrogen-bond acceptors (Lipinski definition) is 5. The highest BCUT2D eigenvalue weighted by atomic mass is 16.8. The fourth-order valence-electron chi connectivity index (χ4n) is 3.11. The van der Waals surface area contributed by atoms with Gasteiger partial charge in [-0.05, 0) is 6.42 Å². The van der Waals surface area contributed by atoms with E-state index in [-0.39, 0.29) is 23.7 Å². The first kappa shape index (κ1) is 7.14. The number of rotatable bonds is 0. The lowest BCUT2D eigenvalue weighted by Gasteiger charge is -2.14. The summed E-state index contributed by atoms with van der Waals surface area (Å²) in [4.78, 5) is 0. The maximum atomic E-state index is 9.82. The van der Waals surface area contributed by atoms with Gasteiger partial charge in [-0.1, -0.05) is 0 Å². The Morgan fingerprint density at radius 2 is 2.23 bits per heavy atom. The third-order valence-corrected chi connectivity index (χ3v) is 3.82. The minimum atomic E-state index is -0.454. The van der Waals surface area contributed by atoms with E-state index in [4.69, 9.17) is 14.2 Å². The van der Waals surface area contributed by atoms with Gasteiger partial charge in [0.15, 0.2) is 12.6 Å². The summed E-state index contributed by atoms with van der Waals surface area (Å²) >= 11 is 0. The highest BCUT2D eigenvalue weighted by Crippen LogP contribution is 2.61. The highest BCUT2D eigenvalue weighted by Gasteiger charge is 2.86. The molecule has 0 bridgehead atoms. The van der Waals surface area contributed by atoms with Gasteiger partial charge in [0.1, 0.15) is 11.6 Å². The Morgan fingerprint density at radius 3 is 3.15 bits per heavy atom. The van der Waals surface area contributed by atoms with Crippen molar-refractivity contribution >= 4 is 0 Å². The molecule has 0 aromatic carbocycles. The Morgan fingerprint density at radius 1 is 1.31 bits per heavy atom. The first-order valence-electron chi connectivity index (χ1n) is 4.66. The Labute approximate surface area is 75.0 Å². The third kappa shape index (κ3) is 0.517. The highest BCUT2D eigenvalue weighted by molar-refractivity contribution is 5.38. The van der Waals surface area contributed by atoms with E-state index < -0.39 is 6.10 Å². The molecule has 2 spiro atoms. The molecular weight excluding hydrogens is 174 g/mol. The quantitative estimate of drug-likeness (QED) is 0.452. The molecule has 5 nitrogen and oxygen atoms in total. The molecule has 4 heterocycles. The standard InChI is InChI=1S/C8H11NO4/c10-4-3-12-6-8(4)7(9-8)1-2-11-5(7)13-6/h4-6,9-10H,1-3H2/t4?,5-,6+,7+,8-/m0/s1. The molecule has 0 aliphatic carbocycles. The lowest BCUT2D eigenvalue weighted by molar-refractivity contribution is -0.201. The number of aliphatic hydroxyl groups is 1. The molecule has 0 aromatic rings. The van der Waals surface area contributed by atoms with Crippen LogP contribution >= 0.6 is 0 Å². The molecule has 13 heavy (non-hydrogen) atoms. The van der Waals surface area contributed by atoms with E-state index in [0.29, 0.717) is 13.2 Å². The summed E-state index contributed by atoms with van der Waals surface area (Å²) < 4.78 is 16.3. The van der Waals surface area contributed by atoms with Gasteiger partial charge < -0.3 is 19.3 Å². The molecule has 4 saturated heterocycles. The summed E-state index contributed by atoms with van der Waals surface area (Å²) in [5, 5.41) is 13.2. The van der Waals surface area contributed by atoms with Crippen LogP contribution in [-0.2, 0) is 14.2 Å². The van der Waals surface area contributed by atoms with E-state index in [2.05, 4.69) is 5.32 Å². The lowest BCUT2D eigenvalue weighted by atomic mass is 9.89. The van der Waals surface area contributed by atoms with Crippen LogP contribution in [0.2, 0.25) is 0 Å². The fourth-order valence-corrected chi connectivity index (χ4v) is 3.11. The zero-order valence-electron chi connectivity index (χ0n) is 7.03. The van der Waals surface area contributed by atoms with Crippen molar-refractivity contribution in [1.29, 1.82) is 0 Å². The summed E-state index contributed by atoms with van der Waals surface area (Å²) in [5.41, 5.74) is -0.498. The Kier molecular flexibility index (Phi) is 0.978. The van der Waals surface area contributed by atoms with Gasteiger partial charge in [-0.25, -0.2) is 0 Å². The topological polar surface area (TPSA) is 69.9 Å². The smallest absolute Gasteiger partial charge is 0.183 e. The van der Waals surface area contributed by atoms with Crippen molar-refractivity contribution in [2.24, 2.45) is 0 Å². The number of aliphatic hydroxyl groups excluding tert-OH is 1. The predicted molar refractivity (Wildman–Crippen MR) is 39.8 cm³/mol. The van der Waals surface area contributed by atoms with Gasteiger partial charge >= 0.3 is 0 Å². The van der Waals surface area contributed by atoms with Crippen molar-refractivity contribution in [3.63, 3.8) is 0 Å². The van der Waals surface area contributed by atoms with Crippen LogP contribution in [0.3, 0.4) is 0 Å². The number of hydrogen-bond donors (Lipinski definition) is 2. The molecule has 5 heteroatoms. The molecule has 4 fully saturated rings. The van der Waals surface area contributed by atoms with Crippen molar-refractivity contribution < 1.29 is 19.3 Å². The van der Waals surface area contributed by atoms with Crippen LogP contribution in [0.25, 0.3) is 0 Å². The number of morpholine rings is 1. The van der Waals surface area contributed by atoms with Crippen LogP contribution in [-0.4, -0.2) is 48.1 Å². The lowest BCUT2D eigenvalue weighted by Crippen LogP contribution is -2.38. The van der Waals surface area contributed by atoms with Crippen LogP contribution < -0.4 is 5.32 Å². The van der Waals surface area contributed by atoms with Gasteiger partial charge in [0.2, 0.25) is 0 Å². The zero-order valence-corrected chi connectivity index (χ0v) is 7.03. The first-order chi connectivity index (χ1) is 6.30. The van der Waals surface area contributed by atoms with Crippen molar-refractivity contribution in [2.45, 2.75) is 36.2 Å². The molecule has 5 atom stereocenters. The Hall–Kier alpha value is -0.200. The van der Waals surface area contributed by atoms with E-state index in [0.717, 1.165) is 6.42 Å². The molecular formula is C8H11NO4. The van der Waals surface area contributed by atoms with E-state index >= 15 is 0 Å². The summed E-state index contributed by atoms with van der Waals surface area (Å²) in [5.74, 6) is 0. The zero-order chi connectivity index (χ0) is 8.68. The average Bonchev–Trinajstić information content (AvgIpc) is 2.40. The molecule has 1 unspecified atom stereocenters. The molecule has 2 N–H and O–H groups in total. The van der Waals surface area contributed by atoms with E-state index in [1.54, 1.807) is 0 Å². The van der Waals surface area contributed by atoms with Crippen LogP contribution in [0, 0.1) is 0 Å². The third-order valence-electron chi connectivity index (χ3n) is 3.82. The van der Waals surface area contributed by atoms with Crippen LogP contribution in [0.4, 0.5) is 0 Å². The minimum absolute atomic E-state index is 0.145. The van der Waals surface area contributed by atoms with Gasteiger partial charge in [0.25, 0.3) is 0 Å². The predicted octanol–water partition coefficient (Wildman–Crippen LogP) is -1.44. The maximum Gasteiger partial charge on any atom is 0.183 e. The van der Waals surface area contributed by atoms with E-state index in [9.17, 15) is 5.11 Å². The second-order valence-corrected chi connectivity index (χ2v) is 4.24. The Bertz CT molecular complexity index is 285. The van der Waals surface area contributed by atoms with E-state index in [1.165, 1.54) is 0 Å². The van der Waals surface area contributed by atoms with Crippen molar-refractivity contribution in [3.05, 3.63) is 0 Å². The summed E-state index contributed by atoms with van der Waals surface area (Å²) in [6.07, 6.45) is -0.0707. The Balaban J connectivity index is 1.83. The molecule has 0 amide bonds. The van der Waals surface area contributed by atoms with Gasteiger partial charge in [-0.3, -0.25) is 5.32 Å². The van der Waals surface area contributed by atoms with E-state index in [1.807, 2.05) is 0 Å². The van der Waals surface area contributed by atoms with Gasteiger partial charge in [0.05, 0.1) is 18.8 Å². The first-order valence-corrected chi connectivity index (χ1v) is 4.66. The molecule has 4 rings (SSSR count). The molecule has 0 saturated carbocycles. The fraction of sp³-hybridized carbons (Fsp3) is 1.00. The normalized spacial score (nSPS) is 67.6. The monoisotopic (exact) mass is 185 g/mol. The van der Waals surface area contributed by atoms with Crippen LogP contribution in [0.15, 0.2) is 0 Å². The summed E-state index contributed by atoms with van der Waals surface area (Å²) in [6, 6.07) is 0. The number of nitrogens with one attached hydrogen (secondary N) is 1. The molecule has 0 radical (unpaired) electrons. The number of ether oxygens (including phenoxy) is 3. The second kappa shape index (κ2) is 1.78. The SMILES string of the molecule is OC1CO[C@@H]2O[C@@H]3OCC[C@@]34N[C@@]124. The summed E-state index contributed by atoms with van der Waals surface area (Å²) in [6.45, 7) is 1.07. The van der Waals surface area contributed by atoms with Gasteiger partial charge in [0, 0.05) is 0 Å². The minimum Gasteiger partial charge on any atom is -0.388 e. The second-order valence-electron chi connectivity index (χ2n) is 4.24.